The zero-order valence-corrected chi connectivity index (χ0v) is 30.0. The molecule has 0 N–H and O–H groups in total. The highest BCUT2D eigenvalue weighted by Gasteiger charge is 2.63. The molecule has 8 saturated carbocycles. The van der Waals surface area contributed by atoms with Crippen LogP contribution in [0.3, 0.4) is 0 Å². The van der Waals surface area contributed by atoms with E-state index in [1.54, 1.807) is 5.30 Å². The summed E-state index contributed by atoms with van der Waals surface area (Å²) < 4.78 is 16.2. The van der Waals surface area contributed by atoms with Crippen molar-refractivity contribution >= 4 is 24.2 Å². The van der Waals surface area contributed by atoms with Gasteiger partial charge < -0.3 is 0 Å². The fourth-order valence-electron chi connectivity index (χ4n) is 12.9. The summed E-state index contributed by atoms with van der Waals surface area (Å²) in [5.41, 5.74) is 5.42. The Morgan fingerprint density at radius 1 is 0.727 bits per heavy atom. The first-order valence-electron chi connectivity index (χ1n) is 18.0. The summed E-state index contributed by atoms with van der Waals surface area (Å²) in [5, 5.41) is 2.75. The normalized spacial score (nSPS) is 39.2. The molecular formula is C40H56NOPS. The highest BCUT2D eigenvalue weighted by molar-refractivity contribution is 7.84. The van der Waals surface area contributed by atoms with E-state index in [0.29, 0.717) is 10.3 Å². The first kappa shape index (κ1) is 30.3. The van der Waals surface area contributed by atoms with Gasteiger partial charge in [0.25, 0.3) is 0 Å². The second-order valence-electron chi connectivity index (χ2n) is 17.9. The molecule has 0 heterocycles. The van der Waals surface area contributed by atoms with Crippen LogP contribution < -0.4 is 5.30 Å². The molecule has 2 nitrogen and oxygen atoms in total. The van der Waals surface area contributed by atoms with E-state index in [2.05, 4.69) is 88.4 Å². The zero-order valence-electron chi connectivity index (χ0n) is 28.3. The minimum atomic E-state index is -1.13. The van der Waals surface area contributed by atoms with Gasteiger partial charge in [0.1, 0.15) is 11.0 Å². The Morgan fingerprint density at radius 2 is 1.14 bits per heavy atom. The van der Waals surface area contributed by atoms with Gasteiger partial charge in [-0.15, -0.1) is 0 Å². The summed E-state index contributed by atoms with van der Waals surface area (Å²) in [7, 11) is 0.663. The molecule has 2 atom stereocenters. The predicted molar refractivity (Wildman–Crippen MR) is 188 cm³/mol. The lowest BCUT2D eigenvalue weighted by molar-refractivity contribution is 0.0195. The van der Waals surface area contributed by atoms with E-state index in [4.69, 9.17) is 0 Å². The van der Waals surface area contributed by atoms with Gasteiger partial charge in [-0.3, -0.25) is 0 Å². The molecule has 0 saturated heterocycles. The van der Waals surface area contributed by atoms with Crippen LogP contribution in [-0.2, 0) is 11.0 Å². The maximum absolute atomic E-state index is 14.3. The molecular weight excluding hydrogens is 573 g/mol. The molecule has 2 aromatic rings. The van der Waals surface area contributed by atoms with Crippen LogP contribution in [0.25, 0.3) is 0 Å². The van der Waals surface area contributed by atoms with Crippen molar-refractivity contribution in [1.29, 1.82) is 0 Å². The average Bonchev–Trinajstić information content (AvgIpc) is 2.91. The van der Waals surface area contributed by atoms with Gasteiger partial charge in [-0.1, -0.05) is 61.5 Å². The SMILES string of the molecule is Cc1cc(C)cc([C@@H](c2ccccc2P(C23CC4CC(CC(C4)C2)C3)C23CC4CC(CC(C4)C2)C3)N(C)[S@](=O)C(C)(C)C)c1. The fraction of sp³-hybridized carbons (Fsp3) is 0.700. The van der Waals surface area contributed by atoms with Gasteiger partial charge in [0.15, 0.2) is 0 Å². The molecule has 0 spiro atoms. The molecule has 238 valence electrons. The lowest BCUT2D eigenvalue weighted by Crippen LogP contribution is -2.58. The maximum Gasteiger partial charge on any atom is 0.100 e. The van der Waals surface area contributed by atoms with Gasteiger partial charge in [-0.2, -0.15) is 0 Å². The monoisotopic (exact) mass is 629 g/mol. The molecule has 10 rings (SSSR count). The Labute approximate surface area is 271 Å². The van der Waals surface area contributed by atoms with Crippen LogP contribution in [0.1, 0.15) is 126 Å². The first-order chi connectivity index (χ1) is 20.9. The smallest absolute Gasteiger partial charge is 0.100 e. The van der Waals surface area contributed by atoms with Crippen molar-refractivity contribution in [1.82, 2.24) is 4.31 Å². The molecule has 8 fully saturated rings. The first-order valence-corrected chi connectivity index (χ1v) is 20.5. The van der Waals surface area contributed by atoms with Crippen LogP contribution in [0.5, 0.6) is 0 Å². The molecule has 4 heteroatoms. The highest BCUT2D eigenvalue weighted by atomic mass is 32.2. The summed E-state index contributed by atoms with van der Waals surface area (Å²) in [4.78, 5) is 0. The number of rotatable bonds is 7. The lowest BCUT2D eigenvalue weighted by Gasteiger charge is -2.67. The third-order valence-corrected chi connectivity index (χ3v) is 18.8. The Hall–Kier alpha value is -1.02. The molecule has 44 heavy (non-hydrogen) atoms. The number of hydrogen-bond acceptors (Lipinski definition) is 1. The maximum atomic E-state index is 14.3. The van der Waals surface area contributed by atoms with Crippen LogP contribution >= 0.6 is 7.92 Å². The Kier molecular flexibility index (Phi) is 7.41. The van der Waals surface area contributed by atoms with E-state index >= 15 is 0 Å². The number of hydrogen-bond donors (Lipinski definition) is 0. The van der Waals surface area contributed by atoms with Gasteiger partial charge in [0.05, 0.1) is 10.8 Å². The Morgan fingerprint density at radius 3 is 1.55 bits per heavy atom. The zero-order chi connectivity index (χ0) is 30.6. The van der Waals surface area contributed by atoms with E-state index in [-0.39, 0.29) is 18.7 Å². The molecule has 2 aromatic carbocycles. The molecule has 0 aliphatic heterocycles. The number of aryl methyl sites for hydroxylation is 2. The van der Waals surface area contributed by atoms with E-state index < -0.39 is 11.0 Å². The van der Waals surface area contributed by atoms with Crippen molar-refractivity contribution in [3.63, 3.8) is 0 Å². The van der Waals surface area contributed by atoms with E-state index in [0.717, 1.165) is 35.5 Å². The van der Waals surface area contributed by atoms with Crippen molar-refractivity contribution < 1.29 is 4.21 Å². The van der Waals surface area contributed by atoms with E-state index in [1.165, 1.54) is 99.3 Å². The summed E-state index contributed by atoms with van der Waals surface area (Å²) in [6, 6.07) is 16.9. The molecule has 0 radical (unpaired) electrons. The van der Waals surface area contributed by atoms with Gasteiger partial charge in [0, 0.05) is 7.05 Å². The number of nitrogens with zero attached hydrogens (tertiary/aromatic N) is 1. The Balaban J connectivity index is 1.33. The molecule has 8 bridgehead atoms. The summed E-state index contributed by atoms with van der Waals surface area (Å²) in [6.45, 7) is 10.9. The minimum absolute atomic E-state index is 0.00215. The van der Waals surface area contributed by atoms with E-state index in [1.807, 2.05) is 0 Å². The van der Waals surface area contributed by atoms with Crippen molar-refractivity contribution in [2.75, 3.05) is 7.05 Å². The summed E-state index contributed by atoms with van der Waals surface area (Å²) in [5.74, 6) is 5.83. The lowest BCUT2D eigenvalue weighted by atomic mass is 9.55. The van der Waals surface area contributed by atoms with Crippen molar-refractivity contribution in [3.8, 4) is 0 Å². The quantitative estimate of drug-likeness (QED) is 0.279. The fourth-order valence-corrected chi connectivity index (χ4v) is 19.5. The van der Waals surface area contributed by atoms with Crippen molar-refractivity contribution in [2.45, 2.75) is 133 Å². The summed E-state index contributed by atoms with van der Waals surface area (Å²) in [6.07, 6.45) is 18.1. The van der Waals surface area contributed by atoms with E-state index in [9.17, 15) is 4.21 Å². The Bertz CT molecular complexity index is 1320. The second-order valence-corrected chi connectivity index (χ2v) is 23.3. The van der Waals surface area contributed by atoms with Crippen molar-refractivity contribution in [3.05, 3.63) is 64.7 Å². The van der Waals surface area contributed by atoms with Crippen LogP contribution in [0.15, 0.2) is 42.5 Å². The van der Waals surface area contributed by atoms with Crippen LogP contribution in [-0.4, -0.2) is 30.6 Å². The topological polar surface area (TPSA) is 20.3 Å². The predicted octanol–water partition coefficient (Wildman–Crippen LogP) is 9.83. The van der Waals surface area contributed by atoms with Gasteiger partial charge in [0.2, 0.25) is 0 Å². The highest BCUT2D eigenvalue weighted by Crippen LogP contribution is 2.78. The van der Waals surface area contributed by atoms with Gasteiger partial charge >= 0.3 is 0 Å². The third kappa shape index (κ3) is 5.04. The average molecular weight is 630 g/mol. The van der Waals surface area contributed by atoms with Crippen LogP contribution in [0, 0.1) is 49.4 Å². The molecule has 8 aliphatic rings. The van der Waals surface area contributed by atoms with Gasteiger partial charge in [-0.05, 0) is 174 Å². The standard InChI is InChI=1S/C40H56NOPS/c1-26-11-27(2)13-34(12-26)37(41(6)44(42)38(3,4)5)35-9-7-8-10-36(35)43(39-20-28-14-29(21-39)16-30(15-28)22-39)40-23-31-17-32(24-40)19-33(18-31)25-40/h7-13,28-33,37H,14-25H2,1-6H3/t28?,29?,30?,31?,32?,33?,37-,39?,40?,43?,44+/m0/s1. The summed E-state index contributed by atoms with van der Waals surface area (Å²) >= 11 is 0. The molecule has 0 amide bonds. The van der Waals surface area contributed by atoms with Crippen LogP contribution in [0.4, 0.5) is 0 Å². The minimum Gasteiger partial charge on any atom is -0.242 e. The second kappa shape index (κ2) is 10.8. The van der Waals surface area contributed by atoms with Crippen LogP contribution in [0.2, 0.25) is 0 Å². The van der Waals surface area contributed by atoms with Crippen molar-refractivity contribution in [2.24, 2.45) is 35.5 Å². The third-order valence-electron chi connectivity index (χ3n) is 13.1. The molecule has 0 aromatic heterocycles. The number of benzene rings is 2. The van der Waals surface area contributed by atoms with Gasteiger partial charge in [-0.25, -0.2) is 8.51 Å². The molecule has 0 unspecified atom stereocenters. The largest absolute Gasteiger partial charge is 0.242 e. The molecule has 8 aliphatic carbocycles.